The van der Waals surface area contributed by atoms with E-state index in [4.69, 9.17) is 0 Å². The Bertz CT molecular complexity index is 1240. The molecule has 0 heterocycles. The maximum absolute atomic E-state index is 14.0. The van der Waals surface area contributed by atoms with Crippen LogP contribution in [0.3, 0.4) is 0 Å². The lowest BCUT2D eigenvalue weighted by atomic mass is 9.32. The van der Waals surface area contributed by atoms with E-state index >= 15 is 0 Å². The summed E-state index contributed by atoms with van der Waals surface area (Å²) in [6.07, 6.45) is 11.4. The fourth-order valence-electron chi connectivity index (χ4n) is 6.42. The molecule has 3 saturated carbocycles. The molecule has 2 bridgehead atoms. The highest BCUT2D eigenvalue weighted by molar-refractivity contribution is 6.33. The van der Waals surface area contributed by atoms with Gasteiger partial charge in [0.25, 0.3) is 0 Å². The molecule has 4 rings (SSSR count). The number of allylic oxidation sites excluding steroid dienone is 9. The first-order valence-electron chi connectivity index (χ1n) is 11.7. The van der Waals surface area contributed by atoms with E-state index < -0.39 is 74.1 Å². The lowest BCUT2D eigenvalue weighted by Gasteiger charge is -2.66. The Morgan fingerprint density at radius 2 is 1.39 bits per heavy atom. The highest BCUT2D eigenvalue weighted by atomic mass is 16.3. The molecule has 4 N–H and O–H groups in total. The Morgan fingerprint density at radius 1 is 0.861 bits per heavy atom. The molecule has 8 heteroatoms. The van der Waals surface area contributed by atoms with Gasteiger partial charge >= 0.3 is 0 Å². The Hall–Kier alpha value is -3.36. The normalized spacial score (nSPS) is 40.4. The maximum atomic E-state index is 14.0. The van der Waals surface area contributed by atoms with Crippen molar-refractivity contribution in [3.63, 3.8) is 0 Å². The van der Waals surface area contributed by atoms with E-state index in [1.54, 1.807) is 32.1 Å². The van der Waals surface area contributed by atoms with Crippen molar-refractivity contribution in [1.29, 1.82) is 0 Å². The summed E-state index contributed by atoms with van der Waals surface area (Å²) < 4.78 is 0. The molecule has 192 valence electrons. The van der Waals surface area contributed by atoms with Crippen LogP contribution in [0.25, 0.3) is 0 Å². The van der Waals surface area contributed by atoms with Crippen LogP contribution in [-0.2, 0) is 19.2 Å². The predicted octanol–water partition coefficient (Wildman–Crippen LogP) is 2.94. The smallest absolute Gasteiger partial charge is 0.179 e. The second-order valence-corrected chi connectivity index (χ2v) is 10.1. The molecule has 0 spiro atoms. The number of carbonyl (C=O) groups is 4. The predicted molar refractivity (Wildman–Crippen MR) is 132 cm³/mol. The monoisotopic (exact) mass is 496 g/mol. The number of carbonyl (C=O) groups excluding carboxylic acids is 4. The number of fused-ring (bicyclic) bond motifs is 2. The first kappa shape index (κ1) is 27.2. The molecule has 8 nitrogen and oxygen atoms in total. The zero-order chi connectivity index (χ0) is 27.4. The molecule has 0 saturated heterocycles. The fourth-order valence-corrected chi connectivity index (χ4v) is 6.42. The quantitative estimate of drug-likeness (QED) is 0.196. The minimum absolute atomic E-state index is 0.360. The van der Waals surface area contributed by atoms with Crippen molar-refractivity contribution in [3.05, 3.63) is 71.3 Å². The van der Waals surface area contributed by atoms with Crippen LogP contribution >= 0.6 is 0 Å². The molecule has 0 aliphatic heterocycles. The summed E-state index contributed by atoms with van der Waals surface area (Å²) in [4.78, 5) is 55.7. The summed E-state index contributed by atoms with van der Waals surface area (Å²) in [6.45, 7) is 8.03. The number of hydrogen-bond donors (Lipinski definition) is 4. The standard InChI is InChI=1S/C28H32O8/c1-7-9-11-13-16(29)18-19-20-27(6,36)21(31)15(3)22(32)28(20,17(30)14-12-10-8-2)25(4,23(18)33)24(34)26(19,5)35/h7-14,19-20,29,31,35-36H,1-6H3/b9-7+,10-8+,13-11+,14-12+,18-16-/t19?,20-,25?,26?,27+,28-/m1/s1. The van der Waals surface area contributed by atoms with E-state index in [0.717, 1.165) is 19.9 Å². The Labute approximate surface area is 209 Å². The average Bonchev–Trinajstić information content (AvgIpc) is 2.81. The molecule has 3 unspecified atom stereocenters. The van der Waals surface area contributed by atoms with Gasteiger partial charge in [-0.2, -0.15) is 0 Å². The van der Waals surface area contributed by atoms with Crippen LogP contribution in [0.5, 0.6) is 0 Å². The third kappa shape index (κ3) is 3.07. The van der Waals surface area contributed by atoms with Gasteiger partial charge in [-0.05, 0) is 53.7 Å². The second kappa shape index (κ2) is 8.64. The van der Waals surface area contributed by atoms with Gasteiger partial charge in [-0.3, -0.25) is 19.2 Å². The van der Waals surface area contributed by atoms with Gasteiger partial charge in [-0.1, -0.05) is 36.5 Å². The van der Waals surface area contributed by atoms with E-state index in [1.165, 1.54) is 38.2 Å². The number of aliphatic hydroxyl groups excluding tert-OH is 2. The van der Waals surface area contributed by atoms with Crippen LogP contribution in [0.2, 0.25) is 0 Å². The molecule has 0 aromatic heterocycles. The van der Waals surface area contributed by atoms with Crippen molar-refractivity contribution in [2.45, 2.75) is 52.7 Å². The van der Waals surface area contributed by atoms with E-state index in [-0.39, 0.29) is 5.57 Å². The summed E-state index contributed by atoms with van der Waals surface area (Å²) in [5.41, 5.74) is -10.4. The Kier molecular flexibility index (Phi) is 6.53. The topological polar surface area (TPSA) is 149 Å². The van der Waals surface area contributed by atoms with Crippen molar-refractivity contribution < 1.29 is 39.6 Å². The molecule has 0 aromatic carbocycles. The van der Waals surface area contributed by atoms with Gasteiger partial charge in [0.15, 0.2) is 23.1 Å². The average molecular weight is 497 g/mol. The zero-order valence-corrected chi connectivity index (χ0v) is 21.2. The second-order valence-electron chi connectivity index (χ2n) is 10.1. The Morgan fingerprint density at radius 3 is 1.92 bits per heavy atom. The minimum atomic E-state index is -2.49. The van der Waals surface area contributed by atoms with Gasteiger partial charge in [0.05, 0.1) is 0 Å². The highest BCUT2D eigenvalue weighted by Gasteiger charge is 2.85. The molecule has 36 heavy (non-hydrogen) atoms. The van der Waals surface area contributed by atoms with Crippen LogP contribution in [0.4, 0.5) is 0 Å². The first-order chi connectivity index (χ1) is 16.6. The van der Waals surface area contributed by atoms with Crippen LogP contribution in [0.1, 0.15) is 41.5 Å². The highest BCUT2D eigenvalue weighted by Crippen LogP contribution is 2.70. The summed E-state index contributed by atoms with van der Waals surface area (Å²) in [5, 5.41) is 44.9. The Balaban J connectivity index is 2.56. The molecule has 0 radical (unpaired) electrons. The number of hydrogen-bond acceptors (Lipinski definition) is 8. The van der Waals surface area contributed by atoms with Crippen LogP contribution in [-0.4, -0.2) is 54.8 Å². The van der Waals surface area contributed by atoms with Gasteiger partial charge in [-0.25, -0.2) is 0 Å². The van der Waals surface area contributed by atoms with Crippen molar-refractivity contribution in [2.75, 3.05) is 0 Å². The van der Waals surface area contributed by atoms with Crippen molar-refractivity contribution in [1.82, 2.24) is 0 Å². The van der Waals surface area contributed by atoms with E-state index in [0.29, 0.717) is 0 Å². The SMILES string of the molecule is C/C=C/C=C/C(=O)[C@]12C(=O)C(C)=C(O)[C@@](C)(O)[C@H]1C1\C(=C(O)/C=C/C=C/C)C(=O)C2(C)C(=O)C1(C)O. The number of Topliss-reactive ketones (excluding diaryl/α,β-unsaturated/α-hetero) is 3. The molecule has 4 aliphatic carbocycles. The van der Waals surface area contributed by atoms with E-state index in [2.05, 4.69) is 0 Å². The van der Waals surface area contributed by atoms with Crippen LogP contribution in [0, 0.1) is 22.7 Å². The molecule has 0 aromatic rings. The molecule has 6 atom stereocenters. The summed E-state index contributed by atoms with van der Waals surface area (Å²) in [5.74, 6) is -8.63. The van der Waals surface area contributed by atoms with Gasteiger partial charge in [0, 0.05) is 23.0 Å². The lowest BCUT2D eigenvalue weighted by molar-refractivity contribution is -0.222. The zero-order valence-electron chi connectivity index (χ0n) is 21.2. The lowest BCUT2D eigenvalue weighted by Crippen LogP contribution is -2.82. The van der Waals surface area contributed by atoms with Gasteiger partial charge in [-0.15, -0.1) is 0 Å². The largest absolute Gasteiger partial charge is 0.509 e. The van der Waals surface area contributed by atoms with Gasteiger partial charge < -0.3 is 20.4 Å². The summed E-state index contributed by atoms with van der Waals surface area (Å²) in [6, 6.07) is 0. The van der Waals surface area contributed by atoms with Gasteiger partial charge in [0.2, 0.25) is 0 Å². The minimum Gasteiger partial charge on any atom is -0.509 e. The first-order valence-corrected chi connectivity index (χ1v) is 11.7. The van der Waals surface area contributed by atoms with Crippen LogP contribution in [0.15, 0.2) is 71.3 Å². The molecular weight excluding hydrogens is 464 g/mol. The summed E-state index contributed by atoms with van der Waals surface area (Å²) >= 11 is 0. The van der Waals surface area contributed by atoms with E-state index in [1.807, 2.05) is 0 Å². The third-order valence-electron chi connectivity index (χ3n) is 8.03. The number of ketones is 4. The van der Waals surface area contributed by atoms with Crippen molar-refractivity contribution in [2.24, 2.45) is 22.7 Å². The van der Waals surface area contributed by atoms with Gasteiger partial charge in [0.1, 0.15) is 33.6 Å². The molecular formula is C28H32O8. The summed E-state index contributed by atoms with van der Waals surface area (Å²) in [7, 11) is 0. The number of aliphatic hydroxyl groups is 4. The number of rotatable bonds is 5. The van der Waals surface area contributed by atoms with E-state index in [9.17, 15) is 39.6 Å². The van der Waals surface area contributed by atoms with Crippen molar-refractivity contribution in [3.8, 4) is 0 Å². The molecule has 4 aliphatic rings. The molecule has 0 amide bonds. The van der Waals surface area contributed by atoms with Crippen molar-refractivity contribution >= 4 is 23.1 Å². The fraction of sp³-hybridized carbons (Fsp3) is 0.429. The van der Waals surface area contributed by atoms with Crippen LogP contribution < -0.4 is 0 Å². The third-order valence-corrected chi connectivity index (χ3v) is 8.03. The maximum Gasteiger partial charge on any atom is 0.179 e. The molecule has 3 fully saturated rings.